The van der Waals surface area contributed by atoms with E-state index in [0.717, 1.165) is 5.56 Å². The van der Waals surface area contributed by atoms with Gasteiger partial charge in [-0.05, 0) is 43.2 Å². The third-order valence-electron chi connectivity index (χ3n) is 5.47. The number of aliphatic carboxylic acids is 1. The molecule has 4 rings (SSSR count). The number of benzene rings is 2. The van der Waals surface area contributed by atoms with Gasteiger partial charge in [-0.15, -0.1) is 0 Å². The van der Waals surface area contributed by atoms with Crippen LogP contribution in [0.1, 0.15) is 31.0 Å². The highest BCUT2D eigenvalue weighted by molar-refractivity contribution is 7.07. The van der Waals surface area contributed by atoms with Gasteiger partial charge in [0.25, 0.3) is 5.56 Å². The number of carboxylic acids is 1. The van der Waals surface area contributed by atoms with Gasteiger partial charge in [0, 0.05) is 0 Å². The molecule has 10 heteroatoms. The summed E-state index contributed by atoms with van der Waals surface area (Å²) in [6, 6.07) is 13.5. The molecule has 1 N–H and O–H groups in total. The molecule has 186 valence electrons. The molecule has 1 aromatic heterocycles. The van der Waals surface area contributed by atoms with E-state index in [1.807, 2.05) is 30.3 Å². The van der Waals surface area contributed by atoms with E-state index in [4.69, 9.17) is 19.3 Å². The average Bonchev–Trinajstić information content (AvgIpc) is 3.16. The minimum atomic E-state index is -1.10. The first-order chi connectivity index (χ1) is 17.3. The Morgan fingerprint density at radius 3 is 2.58 bits per heavy atom. The number of hydrogen-bond acceptors (Lipinski definition) is 8. The molecule has 0 saturated heterocycles. The van der Waals surface area contributed by atoms with Gasteiger partial charge < -0.3 is 19.3 Å². The Morgan fingerprint density at radius 1 is 1.17 bits per heavy atom. The molecule has 36 heavy (non-hydrogen) atoms. The van der Waals surface area contributed by atoms with Crippen LogP contribution in [-0.2, 0) is 14.3 Å². The normalized spacial score (nSPS) is 15.2. The molecule has 0 aliphatic carbocycles. The van der Waals surface area contributed by atoms with Crippen LogP contribution in [0, 0.1) is 0 Å². The molecule has 0 fully saturated rings. The maximum absolute atomic E-state index is 13.6. The molecule has 0 radical (unpaired) electrons. The van der Waals surface area contributed by atoms with Crippen molar-refractivity contribution in [3.63, 3.8) is 0 Å². The van der Waals surface area contributed by atoms with Gasteiger partial charge in [-0.25, -0.2) is 14.6 Å². The maximum Gasteiger partial charge on any atom is 0.341 e. The number of ether oxygens (including phenoxy) is 3. The largest absolute Gasteiger partial charge is 0.493 e. The second kappa shape index (κ2) is 10.6. The minimum Gasteiger partial charge on any atom is -0.493 e. The van der Waals surface area contributed by atoms with E-state index < -0.39 is 24.6 Å². The predicted octanol–water partition coefficient (Wildman–Crippen LogP) is 2.27. The molecule has 9 nitrogen and oxygen atoms in total. The van der Waals surface area contributed by atoms with Crippen LogP contribution in [0.4, 0.5) is 0 Å². The molecule has 1 aliphatic rings. The van der Waals surface area contributed by atoms with Crippen LogP contribution >= 0.6 is 11.3 Å². The van der Waals surface area contributed by atoms with E-state index in [9.17, 15) is 14.4 Å². The van der Waals surface area contributed by atoms with Crippen molar-refractivity contribution in [3.05, 3.63) is 90.6 Å². The van der Waals surface area contributed by atoms with Gasteiger partial charge in [0.15, 0.2) is 22.9 Å². The number of nitrogens with zero attached hydrogens (tertiary/aromatic N) is 2. The summed E-state index contributed by atoms with van der Waals surface area (Å²) >= 11 is 1.21. The van der Waals surface area contributed by atoms with Gasteiger partial charge in [0.1, 0.15) is 0 Å². The van der Waals surface area contributed by atoms with Crippen LogP contribution < -0.4 is 24.4 Å². The van der Waals surface area contributed by atoms with E-state index >= 15 is 0 Å². The van der Waals surface area contributed by atoms with Gasteiger partial charge in [-0.2, -0.15) is 0 Å². The number of carboxylic acid groups (broad SMARTS) is 1. The van der Waals surface area contributed by atoms with E-state index in [1.54, 1.807) is 38.1 Å². The zero-order chi connectivity index (χ0) is 25.8. The van der Waals surface area contributed by atoms with Crippen LogP contribution in [0.5, 0.6) is 11.5 Å². The van der Waals surface area contributed by atoms with Gasteiger partial charge in [0.2, 0.25) is 0 Å². The summed E-state index contributed by atoms with van der Waals surface area (Å²) < 4.78 is 17.8. The van der Waals surface area contributed by atoms with Crippen LogP contribution in [0.3, 0.4) is 0 Å². The Morgan fingerprint density at radius 2 is 1.92 bits per heavy atom. The molecule has 2 heterocycles. The lowest BCUT2D eigenvalue weighted by Gasteiger charge is -2.24. The highest BCUT2D eigenvalue weighted by Crippen LogP contribution is 2.31. The Kier molecular flexibility index (Phi) is 7.35. The summed E-state index contributed by atoms with van der Waals surface area (Å²) in [4.78, 5) is 42.4. The fraction of sp³-hybridized carbons (Fsp3) is 0.231. The number of allylic oxidation sites excluding steroid dienone is 1. The first-order valence-corrected chi connectivity index (χ1v) is 11.9. The van der Waals surface area contributed by atoms with Crippen molar-refractivity contribution in [2.45, 2.75) is 19.9 Å². The molecule has 0 spiro atoms. The van der Waals surface area contributed by atoms with Crippen molar-refractivity contribution in [2.75, 3.05) is 20.3 Å². The Bertz CT molecular complexity index is 1520. The molecule has 3 aromatic rings. The highest BCUT2D eigenvalue weighted by atomic mass is 32.1. The van der Waals surface area contributed by atoms with Crippen LogP contribution in [0.2, 0.25) is 0 Å². The summed E-state index contributed by atoms with van der Waals surface area (Å²) in [7, 11) is 1.44. The minimum absolute atomic E-state index is 0.204. The molecule has 0 bridgehead atoms. The summed E-state index contributed by atoms with van der Waals surface area (Å²) in [6.45, 7) is 3.16. The second-order valence-electron chi connectivity index (χ2n) is 7.81. The summed E-state index contributed by atoms with van der Waals surface area (Å²) in [6.07, 6.45) is 1.69. The molecule has 0 amide bonds. The van der Waals surface area contributed by atoms with Crippen LogP contribution in [0.25, 0.3) is 6.08 Å². The standard InChI is InChI=1S/C26H24N2O7S/c1-4-34-25(32)22-15(2)27-26-28(23(22)17-8-6-5-7-9-17)24(31)20(36-26)13-16-10-11-18(19(12-16)33-3)35-14-21(29)30/h5-13,23H,4,14H2,1-3H3,(H,29,30)/b20-13-. The molecular formula is C26H24N2O7S. The summed E-state index contributed by atoms with van der Waals surface area (Å²) in [5.41, 5.74) is 1.94. The molecule has 1 atom stereocenters. The van der Waals surface area contributed by atoms with Gasteiger partial charge in [-0.3, -0.25) is 9.36 Å². The first-order valence-electron chi connectivity index (χ1n) is 11.1. The van der Waals surface area contributed by atoms with Crippen molar-refractivity contribution < 1.29 is 28.9 Å². The van der Waals surface area contributed by atoms with Crippen LogP contribution in [-0.4, -0.2) is 41.9 Å². The fourth-order valence-corrected chi connectivity index (χ4v) is 4.97. The maximum atomic E-state index is 13.6. The lowest BCUT2D eigenvalue weighted by Crippen LogP contribution is -2.39. The Labute approximate surface area is 210 Å². The fourth-order valence-electron chi connectivity index (χ4n) is 3.93. The van der Waals surface area contributed by atoms with E-state index in [2.05, 4.69) is 4.99 Å². The number of aromatic nitrogens is 1. The molecule has 2 aromatic carbocycles. The zero-order valence-electron chi connectivity index (χ0n) is 19.9. The van der Waals surface area contributed by atoms with Crippen LogP contribution in [0.15, 0.2) is 69.6 Å². The number of carbonyl (C=O) groups is 2. The number of methoxy groups -OCH3 is 1. The van der Waals surface area contributed by atoms with E-state index in [1.165, 1.54) is 23.0 Å². The molecule has 0 saturated carbocycles. The van der Waals surface area contributed by atoms with Crippen molar-refractivity contribution in [3.8, 4) is 11.5 Å². The highest BCUT2D eigenvalue weighted by Gasteiger charge is 2.33. The van der Waals surface area contributed by atoms with Gasteiger partial charge >= 0.3 is 11.9 Å². The number of fused-ring (bicyclic) bond motifs is 1. The smallest absolute Gasteiger partial charge is 0.341 e. The average molecular weight is 509 g/mol. The quantitative estimate of drug-likeness (QED) is 0.464. The van der Waals surface area contributed by atoms with Crippen molar-refractivity contribution in [1.29, 1.82) is 0 Å². The Hall–Kier alpha value is -4.18. The summed E-state index contributed by atoms with van der Waals surface area (Å²) in [5, 5.41) is 8.85. The van der Waals surface area contributed by atoms with Gasteiger partial charge in [0.05, 0.1) is 35.6 Å². The number of rotatable bonds is 8. The van der Waals surface area contributed by atoms with Crippen molar-refractivity contribution >= 4 is 29.4 Å². The SMILES string of the molecule is CCOC(=O)C1=C(C)N=c2s/c(=C\c3ccc(OCC(=O)O)c(OC)c3)c(=O)n2C1c1ccccc1. The number of thiazole rings is 1. The zero-order valence-corrected chi connectivity index (χ0v) is 20.7. The third kappa shape index (κ3) is 4.94. The second-order valence-corrected chi connectivity index (χ2v) is 8.81. The van der Waals surface area contributed by atoms with E-state index in [-0.39, 0.29) is 17.9 Å². The van der Waals surface area contributed by atoms with Gasteiger partial charge in [-0.1, -0.05) is 47.7 Å². The van der Waals surface area contributed by atoms with Crippen molar-refractivity contribution in [1.82, 2.24) is 4.57 Å². The monoisotopic (exact) mass is 508 g/mol. The molecule has 1 aliphatic heterocycles. The lowest BCUT2D eigenvalue weighted by molar-refractivity contribution is -0.140. The molecule has 1 unspecified atom stereocenters. The topological polar surface area (TPSA) is 116 Å². The first kappa shape index (κ1) is 24.9. The molecular weight excluding hydrogens is 484 g/mol. The van der Waals surface area contributed by atoms with Crippen molar-refractivity contribution in [2.24, 2.45) is 4.99 Å². The summed E-state index contributed by atoms with van der Waals surface area (Å²) in [5.74, 6) is -1.01. The third-order valence-corrected chi connectivity index (χ3v) is 6.45. The number of carbonyl (C=O) groups excluding carboxylic acids is 1. The van der Waals surface area contributed by atoms with E-state index in [0.29, 0.717) is 31.9 Å². The Balaban J connectivity index is 1.84. The lowest BCUT2D eigenvalue weighted by atomic mass is 9.96. The number of hydrogen-bond donors (Lipinski definition) is 1. The predicted molar refractivity (Wildman–Crippen MR) is 133 cm³/mol. The number of esters is 1.